The number of nitrogens with zero attached hydrogens (tertiary/aromatic N) is 4. The molecule has 1 fully saturated rings. The van der Waals surface area contributed by atoms with Gasteiger partial charge in [-0.05, 0) is 74.7 Å². The summed E-state index contributed by atoms with van der Waals surface area (Å²) in [5, 5.41) is 2.85. The molecule has 190 valence electrons. The number of carbonyl (C=O) groups is 1. The van der Waals surface area contributed by atoms with E-state index < -0.39 is 15.9 Å². The van der Waals surface area contributed by atoms with E-state index in [4.69, 9.17) is 0 Å². The maximum atomic E-state index is 13.2. The van der Waals surface area contributed by atoms with E-state index in [-0.39, 0.29) is 16.1 Å². The predicted octanol–water partition coefficient (Wildman–Crippen LogP) is 4.03. The van der Waals surface area contributed by atoms with Gasteiger partial charge in [-0.2, -0.15) is 8.42 Å². The summed E-state index contributed by atoms with van der Waals surface area (Å²) in [7, 11) is -0.320. The number of hydrogen-bond acceptors (Lipinski definition) is 8. The first-order valence-electron chi connectivity index (χ1n) is 11.8. The molecule has 1 saturated heterocycles. The summed E-state index contributed by atoms with van der Waals surface area (Å²) in [4.78, 5) is 25.9. The highest BCUT2D eigenvalue weighted by Crippen LogP contribution is 2.38. The van der Waals surface area contributed by atoms with Gasteiger partial charge in [0.05, 0.1) is 5.56 Å². The third-order valence-electron chi connectivity index (χ3n) is 6.86. The Hall–Kier alpha value is -3.66. The number of pyridine rings is 2. The number of nitrogens with one attached hydrogen (secondary N) is 2. The van der Waals surface area contributed by atoms with Crippen molar-refractivity contribution in [3.63, 3.8) is 0 Å². The SMILES string of the molecule is CC1CCN(c2ncccc2C(=O)NS(=O)(=O)c2cccc(Nc3ccc(N(C)C)cc3)n2)C1(C)C. The van der Waals surface area contributed by atoms with Gasteiger partial charge in [-0.25, -0.2) is 14.7 Å². The molecule has 10 heteroatoms. The predicted molar refractivity (Wildman–Crippen MR) is 142 cm³/mol. The van der Waals surface area contributed by atoms with Crippen molar-refractivity contribution in [2.24, 2.45) is 5.92 Å². The molecule has 0 radical (unpaired) electrons. The van der Waals surface area contributed by atoms with E-state index in [0.29, 0.717) is 17.6 Å². The molecule has 1 aliphatic rings. The van der Waals surface area contributed by atoms with Gasteiger partial charge in [0.1, 0.15) is 11.6 Å². The van der Waals surface area contributed by atoms with Crippen molar-refractivity contribution in [1.29, 1.82) is 0 Å². The lowest BCUT2D eigenvalue weighted by Crippen LogP contribution is -2.43. The number of amides is 1. The molecule has 1 amide bonds. The van der Waals surface area contributed by atoms with Gasteiger partial charge in [-0.15, -0.1) is 0 Å². The average Bonchev–Trinajstić information content (AvgIpc) is 3.11. The van der Waals surface area contributed by atoms with E-state index in [0.717, 1.165) is 24.3 Å². The Balaban J connectivity index is 1.54. The summed E-state index contributed by atoms with van der Waals surface area (Å²) in [5.74, 6) is 0.479. The van der Waals surface area contributed by atoms with Crippen LogP contribution in [-0.2, 0) is 10.0 Å². The minimum Gasteiger partial charge on any atom is -0.378 e. The molecule has 0 saturated carbocycles. The molecular formula is C26H32N6O3S. The van der Waals surface area contributed by atoms with Gasteiger partial charge in [-0.3, -0.25) is 4.79 Å². The van der Waals surface area contributed by atoms with E-state index in [2.05, 4.69) is 45.7 Å². The second kappa shape index (κ2) is 9.77. The molecule has 4 rings (SSSR count). The summed E-state index contributed by atoms with van der Waals surface area (Å²) in [5.41, 5.74) is 1.79. The normalized spacial score (nSPS) is 17.0. The molecule has 0 bridgehead atoms. The van der Waals surface area contributed by atoms with Crippen molar-refractivity contribution in [1.82, 2.24) is 14.7 Å². The smallest absolute Gasteiger partial charge is 0.281 e. The number of hydrogen-bond donors (Lipinski definition) is 2. The summed E-state index contributed by atoms with van der Waals surface area (Å²) in [6.07, 6.45) is 2.58. The standard InChI is InChI=1S/C26H32N6O3S/c1-18-15-17-32(26(18,2)3)24-21(8-7-16-27-24)25(33)30-36(34,35)23-10-6-9-22(29-23)28-19-11-13-20(14-12-19)31(4)5/h6-14,16,18H,15,17H2,1-5H3,(H,28,29)(H,30,33). The van der Waals surface area contributed by atoms with Crippen LogP contribution in [0.25, 0.3) is 0 Å². The van der Waals surface area contributed by atoms with Crippen molar-refractivity contribution in [3.8, 4) is 0 Å². The molecule has 2 aromatic heterocycles. The molecule has 0 aliphatic carbocycles. The van der Waals surface area contributed by atoms with Crippen LogP contribution in [-0.4, -0.2) is 50.5 Å². The molecule has 1 aromatic carbocycles. The van der Waals surface area contributed by atoms with Crippen LogP contribution in [0.2, 0.25) is 0 Å². The second-order valence-electron chi connectivity index (χ2n) is 9.73. The lowest BCUT2D eigenvalue weighted by Gasteiger charge is -2.36. The fourth-order valence-corrected chi connectivity index (χ4v) is 5.19. The van der Waals surface area contributed by atoms with E-state index in [1.165, 1.54) is 6.07 Å². The van der Waals surface area contributed by atoms with Gasteiger partial charge in [0.2, 0.25) is 0 Å². The first kappa shape index (κ1) is 25.4. The number of carbonyl (C=O) groups excluding carboxylic acids is 1. The fraction of sp³-hybridized carbons (Fsp3) is 0.346. The Morgan fingerprint density at radius 1 is 1.08 bits per heavy atom. The van der Waals surface area contributed by atoms with Gasteiger partial charge in [0, 0.05) is 43.8 Å². The van der Waals surface area contributed by atoms with Gasteiger partial charge < -0.3 is 15.1 Å². The number of rotatable bonds is 7. The minimum atomic E-state index is -4.22. The van der Waals surface area contributed by atoms with Crippen LogP contribution in [0.15, 0.2) is 65.8 Å². The lowest BCUT2D eigenvalue weighted by atomic mass is 9.90. The molecule has 0 spiro atoms. The molecule has 1 unspecified atom stereocenters. The second-order valence-corrected chi connectivity index (χ2v) is 11.4. The highest BCUT2D eigenvalue weighted by atomic mass is 32.2. The van der Waals surface area contributed by atoms with Crippen LogP contribution < -0.4 is 19.8 Å². The molecule has 1 aliphatic heterocycles. The number of anilines is 4. The summed E-state index contributed by atoms with van der Waals surface area (Å²) >= 11 is 0. The van der Waals surface area contributed by atoms with Crippen LogP contribution >= 0.6 is 0 Å². The Bertz CT molecular complexity index is 1360. The van der Waals surface area contributed by atoms with Gasteiger partial charge in [0.25, 0.3) is 15.9 Å². The quantitative estimate of drug-likeness (QED) is 0.493. The topological polar surface area (TPSA) is 108 Å². The Kier molecular flexibility index (Phi) is 6.90. The maximum Gasteiger partial charge on any atom is 0.281 e. The van der Waals surface area contributed by atoms with Gasteiger partial charge in [0.15, 0.2) is 5.03 Å². The molecular weight excluding hydrogens is 476 g/mol. The summed E-state index contributed by atoms with van der Waals surface area (Å²) in [6.45, 7) is 7.11. The summed E-state index contributed by atoms with van der Waals surface area (Å²) in [6, 6.07) is 15.5. The van der Waals surface area contributed by atoms with E-state index in [9.17, 15) is 13.2 Å². The Morgan fingerprint density at radius 3 is 2.44 bits per heavy atom. The average molecular weight is 509 g/mol. The first-order chi connectivity index (χ1) is 17.0. The highest BCUT2D eigenvalue weighted by molar-refractivity contribution is 7.90. The van der Waals surface area contributed by atoms with Crippen LogP contribution in [0.5, 0.6) is 0 Å². The summed E-state index contributed by atoms with van der Waals surface area (Å²) < 4.78 is 28.4. The fourth-order valence-electron chi connectivity index (χ4n) is 4.25. The third-order valence-corrected chi connectivity index (χ3v) is 8.09. The Morgan fingerprint density at radius 2 is 1.81 bits per heavy atom. The largest absolute Gasteiger partial charge is 0.378 e. The van der Waals surface area contributed by atoms with Crippen molar-refractivity contribution in [2.75, 3.05) is 35.8 Å². The van der Waals surface area contributed by atoms with Crippen LogP contribution in [0.1, 0.15) is 37.6 Å². The third kappa shape index (κ3) is 5.13. The first-order valence-corrected chi connectivity index (χ1v) is 13.3. The maximum absolute atomic E-state index is 13.2. The number of aromatic nitrogens is 2. The molecule has 9 nitrogen and oxygen atoms in total. The zero-order valence-corrected chi connectivity index (χ0v) is 22.0. The van der Waals surface area contributed by atoms with Crippen LogP contribution in [0, 0.1) is 5.92 Å². The highest BCUT2D eigenvalue weighted by Gasteiger charge is 2.40. The zero-order valence-electron chi connectivity index (χ0n) is 21.2. The van der Waals surface area contributed by atoms with E-state index >= 15 is 0 Å². The molecule has 3 aromatic rings. The van der Waals surface area contributed by atoms with Gasteiger partial charge >= 0.3 is 0 Å². The van der Waals surface area contributed by atoms with Crippen molar-refractivity contribution >= 4 is 38.9 Å². The Labute approximate surface area is 212 Å². The lowest BCUT2D eigenvalue weighted by molar-refractivity contribution is 0.0981. The zero-order chi connectivity index (χ0) is 26.1. The molecule has 3 heterocycles. The van der Waals surface area contributed by atoms with Crippen LogP contribution in [0.4, 0.5) is 23.0 Å². The van der Waals surface area contributed by atoms with E-state index in [1.807, 2.05) is 43.3 Å². The van der Waals surface area contributed by atoms with Crippen molar-refractivity contribution in [2.45, 2.75) is 37.8 Å². The van der Waals surface area contributed by atoms with Crippen molar-refractivity contribution in [3.05, 3.63) is 66.4 Å². The van der Waals surface area contributed by atoms with Crippen molar-refractivity contribution < 1.29 is 13.2 Å². The van der Waals surface area contributed by atoms with Gasteiger partial charge in [-0.1, -0.05) is 13.0 Å². The molecule has 1 atom stereocenters. The monoisotopic (exact) mass is 508 g/mol. The van der Waals surface area contributed by atoms with Crippen LogP contribution in [0.3, 0.4) is 0 Å². The molecule has 2 N–H and O–H groups in total. The number of benzene rings is 1. The molecule has 36 heavy (non-hydrogen) atoms. The minimum absolute atomic E-state index is 0.207. The number of sulfonamides is 1. The van der Waals surface area contributed by atoms with E-state index in [1.54, 1.807) is 30.5 Å².